The molecule has 1 rings (SSSR count). The molecule has 0 heterocycles. The maximum Gasteiger partial charge on any atom is 0.261 e. The van der Waals surface area contributed by atoms with E-state index in [1.54, 1.807) is 25.1 Å². The molecule has 0 spiro atoms. The lowest BCUT2D eigenvalue weighted by Crippen LogP contribution is -2.28. The molecule has 20 heavy (non-hydrogen) atoms. The fraction of sp³-hybridized carbons (Fsp3) is 0.462. The molecule has 0 saturated heterocycles. The van der Waals surface area contributed by atoms with Crippen molar-refractivity contribution in [3.63, 3.8) is 0 Å². The molecule has 1 aromatic rings. The highest BCUT2D eigenvalue weighted by atomic mass is 19.3. The largest absolute Gasteiger partial charge is 0.491 e. The summed E-state index contributed by atoms with van der Waals surface area (Å²) in [5.74, 6) is -0.0672. The van der Waals surface area contributed by atoms with Crippen LogP contribution in [0.5, 0.6) is 5.75 Å². The van der Waals surface area contributed by atoms with Gasteiger partial charge in [-0.05, 0) is 19.1 Å². The van der Waals surface area contributed by atoms with Crippen molar-refractivity contribution in [3.8, 4) is 5.75 Å². The summed E-state index contributed by atoms with van der Waals surface area (Å²) in [6, 6.07) is 4.85. The number of carbonyl (C=O) groups is 1. The van der Waals surface area contributed by atoms with Gasteiger partial charge in [-0.25, -0.2) is 8.78 Å². The maximum absolute atomic E-state index is 11.9. The van der Waals surface area contributed by atoms with Crippen LogP contribution in [0.25, 0.3) is 0 Å². The molecule has 1 aromatic carbocycles. The van der Waals surface area contributed by atoms with Gasteiger partial charge >= 0.3 is 0 Å². The Morgan fingerprint density at radius 1 is 1.45 bits per heavy atom. The number of alkyl halides is 2. The van der Waals surface area contributed by atoms with Crippen LogP contribution in [0.4, 0.5) is 14.5 Å². The number of nitrogens with two attached hydrogens (primary N) is 1. The van der Waals surface area contributed by atoms with Crippen molar-refractivity contribution in [2.75, 3.05) is 32.1 Å². The average Bonchev–Trinajstić information content (AvgIpc) is 2.40. The second-order valence-corrected chi connectivity index (χ2v) is 3.88. The Bertz CT molecular complexity index is 442. The van der Waals surface area contributed by atoms with Crippen molar-refractivity contribution in [1.82, 2.24) is 5.32 Å². The van der Waals surface area contributed by atoms with Gasteiger partial charge in [0.1, 0.15) is 6.61 Å². The topological polar surface area (TPSA) is 73.6 Å². The van der Waals surface area contributed by atoms with Crippen LogP contribution in [0.2, 0.25) is 0 Å². The van der Waals surface area contributed by atoms with Crippen molar-refractivity contribution in [1.29, 1.82) is 0 Å². The lowest BCUT2D eigenvalue weighted by Gasteiger charge is -2.12. The molecule has 0 saturated carbocycles. The minimum absolute atomic E-state index is 0.0162. The zero-order valence-electron chi connectivity index (χ0n) is 11.2. The van der Waals surface area contributed by atoms with Gasteiger partial charge in [-0.1, -0.05) is 6.07 Å². The second kappa shape index (κ2) is 8.31. The molecule has 0 radical (unpaired) electrons. The van der Waals surface area contributed by atoms with Gasteiger partial charge in [-0.2, -0.15) is 0 Å². The van der Waals surface area contributed by atoms with Crippen LogP contribution in [-0.4, -0.2) is 38.7 Å². The summed E-state index contributed by atoms with van der Waals surface area (Å²) in [5.41, 5.74) is 6.42. The predicted octanol–water partition coefficient (Wildman–Crippen LogP) is 1.68. The summed E-state index contributed by atoms with van der Waals surface area (Å²) in [6.07, 6.45) is -2.51. The van der Waals surface area contributed by atoms with Gasteiger partial charge in [0.15, 0.2) is 5.75 Å². The molecule has 7 heteroatoms. The summed E-state index contributed by atoms with van der Waals surface area (Å²) in [4.78, 5) is 11.9. The van der Waals surface area contributed by atoms with Gasteiger partial charge in [-0.15, -0.1) is 0 Å². The van der Waals surface area contributed by atoms with E-state index in [0.29, 0.717) is 23.6 Å². The zero-order chi connectivity index (χ0) is 15.0. The highest BCUT2D eigenvalue weighted by Gasteiger charge is 2.14. The monoisotopic (exact) mass is 288 g/mol. The SMILES string of the molecule is CCOc1c(N)cccc1C(=O)NCCOCC(F)F. The van der Waals surface area contributed by atoms with E-state index in [1.165, 1.54) is 0 Å². The number of hydrogen-bond acceptors (Lipinski definition) is 4. The van der Waals surface area contributed by atoms with E-state index in [4.69, 9.17) is 10.5 Å². The van der Waals surface area contributed by atoms with E-state index >= 15 is 0 Å². The van der Waals surface area contributed by atoms with E-state index in [1.807, 2.05) is 0 Å². The first-order valence-electron chi connectivity index (χ1n) is 6.21. The van der Waals surface area contributed by atoms with Gasteiger partial charge in [-0.3, -0.25) is 4.79 Å². The Morgan fingerprint density at radius 3 is 2.85 bits per heavy atom. The van der Waals surface area contributed by atoms with E-state index in [9.17, 15) is 13.6 Å². The summed E-state index contributed by atoms with van der Waals surface area (Å²) in [7, 11) is 0. The van der Waals surface area contributed by atoms with Gasteiger partial charge in [0.2, 0.25) is 0 Å². The number of para-hydroxylation sites is 1. The van der Waals surface area contributed by atoms with Crippen molar-refractivity contribution in [2.24, 2.45) is 0 Å². The van der Waals surface area contributed by atoms with E-state index in [-0.39, 0.29) is 19.1 Å². The fourth-order valence-corrected chi connectivity index (χ4v) is 1.54. The van der Waals surface area contributed by atoms with Gasteiger partial charge in [0, 0.05) is 6.54 Å². The molecule has 0 aliphatic carbocycles. The number of rotatable bonds is 8. The van der Waals surface area contributed by atoms with Crippen molar-refractivity contribution < 1.29 is 23.0 Å². The molecule has 0 aliphatic rings. The van der Waals surface area contributed by atoms with Crippen molar-refractivity contribution in [2.45, 2.75) is 13.3 Å². The zero-order valence-corrected chi connectivity index (χ0v) is 11.2. The molecule has 0 atom stereocenters. The third-order valence-corrected chi connectivity index (χ3v) is 2.35. The first kappa shape index (κ1) is 16.2. The molecule has 0 aliphatic heterocycles. The molecular weight excluding hydrogens is 270 g/mol. The molecule has 0 aromatic heterocycles. The fourth-order valence-electron chi connectivity index (χ4n) is 1.54. The quantitative estimate of drug-likeness (QED) is 0.564. The summed E-state index contributed by atoms with van der Waals surface area (Å²) < 4.78 is 33.6. The van der Waals surface area contributed by atoms with Gasteiger partial charge < -0.3 is 20.5 Å². The molecule has 1 amide bonds. The Hall–Kier alpha value is -1.89. The highest BCUT2D eigenvalue weighted by molar-refractivity contribution is 5.98. The van der Waals surface area contributed by atoms with Crippen LogP contribution in [0.1, 0.15) is 17.3 Å². The van der Waals surface area contributed by atoms with Crippen LogP contribution < -0.4 is 15.8 Å². The standard InChI is InChI=1S/C13H18F2N2O3/c1-2-20-12-9(4-3-5-10(12)16)13(18)17-6-7-19-8-11(14)15/h3-5,11H,2,6-8,16H2,1H3,(H,17,18). The molecule has 0 fully saturated rings. The third-order valence-electron chi connectivity index (χ3n) is 2.35. The summed E-state index contributed by atoms with van der Waals surface area (Å²) in [6.45, 7) is 1.67. The second-order valence-electron chi connectivity index (χ2n) is 3.88. The van der Waals surface area contributed by atoms with Crippen LogP contribution >= 0.6 is 0 Å². The number of nitrogen functional groups attached to an aromatic ring is 1. The number of hydrogen-bond donors (Lipinski definition) is 2. The highest BCUT2D eigenvalue weighted by Crippen LogP contribution is 2.26. The number of amides is 1. The van der Waals surface area contributed by atoms with Crippen molar-refractivity contribution in [3.05, 3.63) is 23.8 Å². The van der Waals surface area contributed by atoms with Crippen LogP contribution in [0.3, 0.4) is 0 Å². The molecule has 0 unspecified atom stereocenters. The summed E-state index contributed by atoms with van der Waals surface area (Å²) >= 11 is 0. The summed E-state index contributed by atoms with van der Waals surface area (Å²) in [5, 5.41) is 2.55. The number of anilines is 1. The molecule has 112 valence electrons. The normalized spacial score (nSPS) is 10.6. The lowest BCUT2D eigenvalue weighted by molar-refractivity contribution is 0.0188. The molecule has 3 N–H and O–H groups in total. The number of ether oxygens (including phenoxy) is 2. The molecule has 0 bridgehead atoms. The average molecular weight is 288 g/mol. The Balaban J connectivity index is 2.53. The number of nitrogens with one attached hydrogen (secondary N) is 1. The predicted molar refractivity (Wildman–Crippen MR) is 71.2 cm³/mol. The van der Waals surface area contributed by atoms with E-state index < -0.39 is 13.0 Å². The first-order chi connectivity index (χ1) is 9.56. The van der Waals surface area contributed by atoms with Crippen LogP contribution in [0, 0.1) is 0 Å². The van der Waals surface area contributed by atoms with Crippen LogP contribution in [0.15, 0.2) is 18.2 Å². The number of carbonyl (C=O) groups excluding carboxylic acids is 1. The molecule has 5 nitrogen and oxygen atoms in total. The van der Waals surface area contributed by atoms with Crippen molar-refractivity contribution >= 4 is 11.6 Å². The Labute approximate surface area is 116 Å². The lowest BCUT2D eigenvalue weighted by atomic mass is 10.1. The van der Waals surface area contributed by atoms with Gasteiger partial charge in [0.25, 0.3) is 12.3 Å². The van der Waals surface area contributed by atoms with Crippen LogP contribution in [-0.2, 0) is 4.74 Å². The molecular formula is C13H18F2N2O3. The minimum atomic E-state index is -2.51. The first-order valence-corrected chi connectivity index (χ1v) is 6.21. The third kappa shape index (κ3) is 5.00. The Kier molecular flexibility index (Phi) is 6.72. The number of halogens is 2. The number of benzene rings is 1. The minimum Gasteiger partial charge on any atom is -0.491 e. The van der Waals surface area contributed by atoms with E-state index in [2.05, 4.69) is 10.1 Å². The van der Waals surface area contributed by atoms with Gasteiger partial charge in [0.05, 0.1) is 24.5 Å². The van der Waals surface area contributed by atoms with E-state index in [0.717, 1.165) is 0 Å². The smallest absolute Gasteiger partial charge is 0.261 e. The maximum atomic E-state index is 11.9. The Morgan fingerprint density at radius 2 is 2.20 bits per heavy atom.